The first-order chi connectivity index (χ1) is 9.45. The van der Waals surface area contributed by atoms with E-state index in [0.29, 0.717) is 6.61 Å². The molecule has 0 fully saturated rings. The monoisotopic (exact) mass is 337 g/mol. The van der Waals surface area contributed by atoms with Gasteiger partial charge < -0.3 is 10.5 Å². The van der Waals surface area contributed by atoms with Crippen molar-refractivity contribution in [2.75, 3.05) is 0 Å². The minimum Gasteiger partial charge on any atom is -0.487 e. The largest absolute Gasteiger partial charge is 0.487 e. The Morgan fingerprint density at radius 1 is 1.40 bits per heavy atom. The van der Waals surface area contributed by atoms with Crippen LogP contribution in [0.3, 0.4) is 0 Å². The molecule has 5 heteroatoms. The number of hydrogen-bond donors (Lipinski definition) is 1. The molecule has 0 spiro atoms. The molecule has 0 aliphatic rings. The van der Waals surface area contributed by atoms with Gasteiger partial charge in [0.2, 0.25) is 0 Å². The number of rotatable bonds is 5. The van der Waals surface area contributed by atoms with E-state index in [1.54, 1.807) is 0 Å². The van der Waals surface area contributed by atoms with Gasteiger partial charge in [0, 0.05) is 17.6 Å². The fourth-order valence-corrected chi connectivity index (χ4v) is 2.51. The Balaban J connectivity index is 2.08. The molecular weight excluding hydrogens is 318 g/mol. The van der Waals surface area contributed by atoms with Crippen molar-refractivity contribution < 1.29 is 4.74 Å². The van der Waals surface area contributed by atoms with Crippen molar-refractivity contribution in [1.29, 1.82) is 0 Å². The Hall–Kier alpha value is -1.33. The fraction of sp³-hybridized carbons (Fsp3) is 0.400. The summed E-state index contributed by atoms with van der Waals surface area (Å²) in [6, 6.07) is 8.15. The van der Waals surface area contributed by atoms with Crippen LogP contribution in [-0.2, 0) is 20.1 Å². The number of nitrogens with zero attached hydrogens (tertiary/aromatic N) is 2. The highest BCUT2D eigenvalue weighted by atomic mass is 79.9. The van der Waals surface area contributed by atoms with Crippen LogP contribution < -0.4 is 10.5 Å². The van der Waals surface area contributed by atoms with Crippen LogP contribution in [0.1, 0.15) is 23.9 Å². The van der Waals surface area contributed by atoms with Crippen LogP contribution in [-0.4, -0.2) is 15.8 Å². The van der Waals surface area contributed by atoms with Crippen molar-refractivity contribution in [3.05, 3.63) is 45.7 Å². The van der Waals surface area contributed by atoms with Crippen molar-refractivity contribution in [2.24, 2.45) is 12.8 Å². The lowest BCUT2D eigenvalue weighted by Gasteiger charge is -2.11. The van der Waals surface area contributed by atoms with Gasteiger partial charge >= 0.3 is 0 Å². The molecule has 0 saturated heterocycles. The zero-order chi connectivity index (χ0) is 14.7. The molecular formula is C15H20BrN3O. The number of nitrogens with two attached hydrogens (primary N) is 1. The molecule has 1 aromatic heterocycles. The molecule has 0 saturated carbocycles. The maximum atomic E-state index is 5.86. The summed E-state index contributed by atoms with van der Waals surface area (Å²) in [5.41, 5.74) is 9.08. The molecule has 20 heavy (non-hydrogen) atoms. The average Bonchev–Trinajstić information content (AvgIpc) is 2.68. The molecule has 2 N–H and O–H groups in total. The summed E-state index contributed by atoms with van der Waals surface area (Å²) in [5.74, 6) is 0.850. The van der Waals surface area contributed by atoms with Gasteiger partial charge in [-0.3, -0.25) is 4.68 Å². The zero-order valence-corrected chi connectivity index (χ0v) is 13.6. The van der Waals surface area contributed by atoms with E-state index in [1.165, 1.54) is 5.56 Å². The second-order valence-corrected chi connectivity index (χ2v) is 5.98. The molecule has 1 aromatic carbocycles. The number of benzene rings is 1. The number of halogens is 1. The van der Waals surface area contributed by atoms with E-state index in [-0.39, 0.29) is 6.04 Å². The lowest BCUT2D eigenvalue weighted by molar-refractivity contribution is 0.294. The molecule has 1 unspecified atom stereocenters. The SMILES string of the molecule is Cc1cc(COc2ccc(Br)c(CC(C)N)c2)n(C)n1. The third kappa shape index (κ3) is 3.84. The average molecular weight is 338 g/mol. The van der Waals surface area contributed by atoms with E-state index in [9.17, 15) is 0 Å². The van der Waals surface area contributed by atoms with Gasteiger partial charge in [-0.2, -0.15) is 5.10 Å². The van der Waals surface area contributed by atoms with Gasteiger partial charge in [0.25, 0.3) is 0 Å². The van der Waals surface area contributed by atoms with Crippen molar-refractivity contribution >= 4 is 15.9 Å². The summed E-state index contributed by atoms with van der Waals surface area (Å²) in [5, 5.41) is 4.31. The second kappa shape index (κ2) is 6.41. The van der Waals surface area contributed by atoms with E-state index in [2.05, 4.69) is 21.0 Å². The third-order valence-corrected chi connectivity index (χ3v) is 3.82. The molecule has 0 aliphatic heterocycles. The number of aromatic nitrogens is 2. The molecule has 0 amide bonds. The Morgan fingerprint density at radius 3 is 2.75 bits per heavy atom. The summed E-state index contributed by atoms with van der Waals surface area (Å²) in [7, 11) is 1.93. The number of ether oxygens (including phenoxy) is 1. The van der Waals surface area contributed by atoms with Crippen LogP contribution in [0, 0.1) is 6.92 Å². The first-order valence-corrected chi connectivity index (χ1v) is 7.41. The van der Waals surface area contributed by atoms with Crippen LogP contribution in [0.4, 0.5) is 0 Å². The van der Waals surface area contributed by atoms with Gasteiger partial charge in [-0.25, -0.2) is 0 Å². The van der Waals surface area contributed by atoms with Crippen molar-refractivity contribution in [3.63, 3.8) is 0 Å². The molecule has 4 nitrogen and oxygen atoms in total. The molecule has 0 aliphatic carbocycles. The normalized spacial score (nSPS) is 12.4. The van der Waals surface area contributed by atoms with Crippen LogP contribution in [0.15, 0.2) is 28.7 Å². The van der Waals surface area contributed by atoms with Crippen molar-refractivity contribution in [3.8, 4) is 5.75 Å². The standard InChI is InChI=1S/C15H20BrN3O/c1-10(17)6-12-8-14(4-5-15(12)16)20-9-13-7-11(2)18-19(13)3/h4-5,7-8,10H,6,9,17H2,1-3H3. The first kappa shape index (κ1) is 15.1. The van der Waals surface area contributed by atoms with Gasteiger partial charge in [-0.15, -0.1) is 0 Å². The Kier molecular flexibility index (Phi) is 4.83. The number of hydrogen-bond acceptors (Lipinski definition) is 3. The van der Waals surface area contributed by atoms with Crippen LogP contribution >= 0.6 is 15.9 Å². The fourth-order valence-electron chi connectivity index (χ4n) is 2.10. The van der Waals surface area contributed by atoms with Crippen LogP contribution in [0.25, 0.3) is 0 Å². The van der Waals surface area contributed by atoms with E-state index in [0.717, 1.165) is 28.0 Å². The maximum absolute atomic E-state index is 5.86. The quantitative estimate of drug-likeness (QED) is 0.912. The van der Waals surface area contributed by atoms with E-state index in [1.807, 2.05) is 49.8 Å². The van der Waals surface area contributed by atoms with E-state index < -0.39 is 0 Å². The Bertz CT molecular complexity index is 593. The van der Waals surface area contributed by atoms with Gasteiger partial charge in [0.1, 0.15) is 12.4 Å². The maximum Gasteiger partial charge on any atom is 0.130 e. The Morgan fingerprint density at radius 2 is 2.15 bits per heavy atom. The minimum absolute atomic E-state index is 0.126. The second-order valence-electron chi connectivity index (χ2n) is 5.12. The molecule has 0 bridgehead atoms. The summed E-state index contributed by atoms with van der Waals surface area (Å²) >= 11 is 3.54. The third-order valence-electron chi connectivity index (χ3n) is 3.04. The van der Waals surface area contributed by atoms with Gasteiger partial charge in [-0.1, -0.05) is 15.9 Å². The first-order valence-electron chi connectivity index (χ1n) is 6.62. The summed E-state index contributed by atoms with van der Waals surface area (Å²) in [6.07, 6.45) is 0.822. The highest BCUT2D eigenvalue weighted by Gasteiger charge is 2.07. The molecule has 108 valence electrons. The van der Waals surface area contributed by atoms with E-state index >= 15 is 0 Å². The topological polar surface area (TPSA) is 53.1 Å². The minimum atomic E-state index is 0.126. The number of aryl methyl sites for hydroxylation is 2. The van der Waals surface area contributed by atoms with Crippen molar-refractivity contribution in [2.45, 2.75) is 32.9 Å². The summed E-state index contributed by atoms with van der Waals surface area (Å²) in [6.45, 7) is 4.48. The molecule has 2 rings (SSSR count). The Labute approximate surface area is 128 Å². The highest BCUT2D eigenvalue weighted by Crippen LogP contribution is 2.24. The van der Waals surface area contributed by atoms with Crippen LogP contribution in [0.2, 0.25) is 0 Å². The lowest BCUT2D eigenvalue weighted by Crippen LogP contribution is -2.18. The highest BCUT2D eigenvalue weighted by molar-refractivity contribution is 9.10. The smallest absolute Gasteiger partial charge is 0.130 e. The summed E-state index contributed by atoms with van der Waals surface area (Å²) < 4.78 is 8.75. The van der Waals surface area contributed by atoms with Gasteiger partial charge in [0.05, 0.1) is 11.4 Å². The predicted octanol–water partition coefficient (Wildman–Crippen LogP) is 2.96. The van der Waals surface area contributed by atoms with E-state index in [4.69, 9.17) is 10.5 Å². The predicted molar refractivity (Wildman–Crippen MR) is 83.8 cm³/mol. The van der Waals surface area contributed by atoms with Gasteiger partial charge in [0.15, 0.2) is 0 Å². The summed E-state index contributed by atoms with van der Waals surface area (Å²) in [4.78, 5) is 0. The molecule has 1 heterocycles. The lowest BCUT2D eigenvalue weighted by atomic mass is 10.1. The van der Waals surface area contributed by atoms with Crippen LogP contribution in [0.5, 0.6) is 5.75 Å². The zero-order valence-electron chi connectivity index (χ0n) is 12.1. The molecule has 2 aromatic rings. The molecule has 1 atom stereocenters. The van der Waals surface area contributed by atoms with Gasteiger partial charge in [-0.05, 0) is 50.1 Å². The molecule has 0 radical (unpaired) electrons. The van der Waals surface area contributed by atoms with Crippen molar-refractivity contribution in [1.82, 2.24) is 9.78 Å².